The summed E-state index contributed by atoms with van der Waals surface area (Å²) in [6.45, 7) is 3.47. The molecule has 0 radical (unpaired) electrons. The minimum Gasteiger partial charge on any atom is -0.495 e. The molecule has 0 unspecified atom stereocenters. The molecule has 0 bridgehead atoms. The van der Waals surface area contributed by atoms with Crippen LogP contribution in [0.1, 0.15) is 0 Å². The minimum atomic E-state index is 0.448. The number of nitrogens with one attached hydrogen (secondary N) is 1. The molecule has 0 saturated carbocycles. The zero-order valence-corrected chi connectivity index (χ0v) is 15.1. The number of ether oxygens (including phenoxy) is 1. The fourth-order valence-electron chi connectivity index (χ4n) is 3.07. The molecule has 3 heterocycles. The number of pyridine rings is 1. The highest BCUT2D eigenvalue weighted by Crippen LogP contribution is 2.26. The third kappa shape index (κ3) is 3.89. The first-order chi connectivity index (χ1) is 13.3. The zero-order valence-electron chi connectivity index (χ0n) is 15.1. The van der Waals surface area contributed by atoms with Gasteiger partial charge in [0.25, 0.3) is 0 Å². The topological polar surface area (TPSA) is 79.3 Å². The number of hydrogen-bond acceptors (Lipinski definition) is 8. The van der Waals surface area contributed by atoms with Gasteiger partial charge >= 0.3 is 0 Å². The van der Waals surface area contributed by atoms with Crippen LogP contribution in [0.25, 0.3) is 0 Å². The van der Waals surface area contributed by atoms with Crippen LogP contribution in [-0.4, -0.2) is 53.5 Å². The maximum atomic E-state index is 5.36. The van der Waals surface area contributed by atoms with Crippen molar-refractivity contribution in [1.29, 1.82) is 0 Å². The Morgan fingerprint density at radius 1 is 0.926 bits per heavy atom. The lowest BCUT2D eigenvalue weighted by molar-refractivity contribution is 0.417. The van der Waals surface area contributed by atoms with Crippen LogP contribution in [0.3, 0.4) is 0 Å². The summed E-state index contributed by atoms with van der Waals surface area (Å²) >= 11 is 0. The molecule has 1 aliphatic heterocycles. The van der Waals surface area contributed by atoms with Crippen molar-refractivity contribution < 1.29 is 4.74 Å². The van der Waals surface area contributed by atoms with Crippen LogP contribution in [0.2, 0.25) is 0 Å². The van der Waals surface area contributed by atoms with Gasteiger partial charge in [-0.05, 0) is 24.3 Å². The van der Waals surface area contributed by atoms with E-state index in [9.17, 15) is 0 Å². The summed E-state index contributed by atoms with van der Waals surface area (Å²) in [6.07, 6.45) is 3.52. The van der Waals surface area contributed by atoms with Crippen LogP contribution in [-0.2, 0) is 0 Å². The summed E-state index contributed by atoms with van der Waals surface area (Å²) in [6, 6.07) is 13.6. The molecule has 1 aromatic carbocycles. The van der Waals surface area contributed by atoms with E-state index in [1.165, 1.54) is 0 Å². The van der Waals surface area contributed by atoms with E-state index in [1.807, 2.05) is 48.7 Å². The Kier molecular flexibility index (Phi) is 4.95. The lowest BCUT2D eigenvalue weighted by Crippen LogP contribution is -2.47. The predicted molar refractivity (Wildman–Crippen MR) is 105 cm³/mol. The summed E-state index contributed by atoms with van der Waals surface area (Å²) in [5.74, 6) is 3.00. The van der Waals surface area contributed by atoms with E-state index < -0.39 is 0 Å². The molecule has 8 heteroatoms. The van der Waals surface area contributed by atoms with Crippen LogP contribution < -0.4 is 19.9 Å². The van der Waals surface area contributed by atoms with Crippen molar-refractivity contribution in [3.63, 3.8) is 0 Å². The Hall–Kier alpha value is -3.42. The number of piperazine rings is 1. The average Bonchev–Trinajstić information content (AvgIpc) is 2.75. The van der Waals surface area contributed by atoms with Crippen molar-refractivity contribution in [3.8, 4) is 5.75 Å². The zero-order chi connectivity index (χ0) is 18.5. The number of aromatic nitrogens is 4. The van der Waals surface area contributed by atoms with E-state index in [1.54, 1.807) is 13.3 Å². The van der Waals surface area contributed by atoms with Gasteiger partial charge < -0.3 is 19.9 Å². The van der Waals surface area contributed by atoms with Gasteiger partial charge in [0, 0.05) is 32.4 Å². The summed E-state index contributed by atoms with van der Waals surface area (Å²) in [5.41, 5.74) is 0.805. The van der Waals surface area contributed by atoms with Crippen LogP contribution in [0, 0.1) is 0 Å². The second-order valence-electron chi connectivity index (χ2n) is 6.13. The number of rotatable bonds is 5. The van der Waals surface area contributed by atoms with Gasteiger partial charge in [0.15, 0.2) is 5.82 Å². The average molecular weight is 363 g/mol. The fourth-order valence-corrected chi connectivity index (χ4v) is 3.07. The molecule has 3 aromatic rings. The van der Waals surface area contributed by atoms with Crippen molar-refractivity contribution in [2.45, 2.75) is 0 Å². The van der Waals surface area contributed by atoms with Gasteiger partial charge in [0.1, 0.15) is 11.6 Å². The van der Waals surface area contributed by atoms with E-state index in [0.717, 1.165) is 49.3 Å². The second kappa shape index (κ2) is 7.86. The molecule has 1 saturated heterocycles. The summed E-state index contributed by atoms with van der Waals surface area (Å²) in [7, 11) is 1.64. The summed E-state index contributed by atoms with van der Waals surface area (Å²) < 4.78 is 5.36. The highest BCUT2D eigenvalue weighted by atomic mass is 16.5. The van der Waals surface area contributed by atoms with E-state index in [0.29, 0.717) is 5.95 Å². The summed E-state index contributed by atoms with van der Waals surface area (Å²) in [5, 5.41) is 11.4. The minimum absolute atomic E-state index is 0.448. The third-order valence-corrected chi connectivity index (χ3v) is 4.48. The fraction of sp³-hybridized carbons (Fsp3) is 0.263. The monoisotopic (exact) mass is 363 g/mol. The van der Waals surface area contributed by atoms with Crippen molar-refractivity contribution in [2.24, 2.45) is 0 Å². The smallest absolute Gasteiger partial charge is 0.249 e. The summed E-state index contributed by atoms with van der Waals surface area (Å²) in [4.78, 5) is 13.5. The Bertz CT molecular complexity index is 882. The maximum absolute atomic E-state index is 5.36. The normalized spacial score (nSPS) is 14.1. The van der Waals surface area contributed by atoms with Crippen LogP contribution in [0.15, 0.2) is 54.9 Å². The van der Waals surface area contributed by atoms with Gasteiger partial charge in [-0.15, -0.1) is 5.10 Å². The van der Waals surface area contributed by atoms with Crippen molar-refractivity contribution in [3.05, 3.63) is 54.9 Å². The van der Waals surface area contributed by atoms with Gasteiger partial charge in [-0.3, -0.25) is 0 Å². The van der Waals surface area contributed by atoms with Gasteiger partial charge in [0.2, 0.25) is 5.95 Å². The van der Waals surface area contributed by atoms with Crippen molar-refractivity contribution in [2.75, 3.05) is 48.4 Å². The number of methoxy groups -OCH3 is 1. The SMILES string of the molecule is COc1ccccc1Nc1nncc(N2CCN(c3ccccn3)CC2)n1. The van der Waals surface area contributed by atoms with Crippen LogP contribution >= 0.6 is 0 Å². The molecular formula is C19H21N7O. The molecule has 27 heavy (non-hydrogen) atoms. The van der Waals surface area contributed by atoms with Crippen molar-refractivity contribution >= 4 is 23.3 Å². The van der Waals surface area contributed by atoms with E-state index >= 15 is 0 Å². The first-order valence-corrected chi connectivity index (χ1v) is 8.84. The van der Waals surface area contributed by atoms with Crippen molar-refractivity contribution in [1.82, 2.24) is 20.2 Å². The molecule has 0 aliphatic carbocycles. The number of benzene rings is 1. The standard InChI is InChI=1S/C19H21N7O/c1-27-16-7-3-2-6-15(16)22-19-23-18(14-21-24-19)26-12-10-25(11-13-26)17-8-4-5-9-20-17/h2-9,14H,10-13H2,1H3,(H,22,23,24). The van der Waals surface area contributed by atoms with E-state index in [-0.39, 0.29) is 0 Å². The molecule has 0 atom stereocenters. The second-order valence-corrected chi connectivity index (χ2v) is 6.13. The van der Waals surface area contributed by atoms with E-state index in [2.05, 4.69) is 35.3 Å². The Morgan fingerprint density at radius 2 is 1.67 bits per heavy atom. The largest absolute Gasteiger partial charge is 0.495 e. The highest BCUT2D eigenvalue weighted by molar-refractivity contribution is 5.62. The van der Waals surface area contributed by atoms with E-state index in [4.69, 9.17) is 4.74 Å². The van der Waals surface area contributed by atoms with Gasteiger partial charge in [-0.1, -0.05) is 18.2 Å². The van der Waals surface area contributed by atoms with Gasteiger partial charge in [-0.2, -0.15) is 10.1 Å². The number of nitrogens with zero attached hydrogens (tertiary/aromatic N) is 6. The molecule has 1 aliphatic rings. The molecule has 0 amide bonds. The molecule has 138 valence electrons. The quantitative estimate of drug-likeness (QED) is 0.740. The molecule has 0 spiro atoms. The van der Waals surface area contributed by atoms with Crippen LogP contribution in [0.5, 0.6) is 5.75 Å². The highest BCUT2D eigenvalue weighted by Gasteiger charge is 2.19. The number of hydrogen-bond donors (Lipinski definition) is 1. The van der Waals surface area contributed by atoms with Crippen LogP contribution in [0.4, 0.5) is 23.3 Å². The Balaban J connectivity index is 1.44. The lowest BCUT2D eigenvalue weighted by Gasteiger charge is -2.35. The molecule has 1 N–H and O–H groups in total. The van der Waals surface area contributed by atoms with Gasteiger partial charge in [-0.25, -0.2) is 4.98 Å². The maximum Gasteiger partial charge on any atom is 0.249 e. The number of anilines is 4. The van der Waals surface area contributed by atoms with Gasteiger partial charge in [0.05, 0.1) is 19.0 Å². The first-order valence-electron chi connectivity index (χ1n) is 8.84. The first kappa shape index (κ1) is 17.0. The third-order valence-electron chi connectivity index (χ3n) is 4.48. The molecule has 4 rings (SSSR count). The molecule has 2 aromatic heterocycles. The number of para-hydroxylation sites is 2. The lowest BCUT2D eigenvalue weighted by atomic mass is 10.3. The molecule has 1 fully saturated rings. The Morgan fingerprint density at radius 3 is 2.41 bits per heavy atom. The molecular weight excluding hydrogens is 342 g/mol. The Labute approximate surface area is 157 Å². The molecule has 8 nitrogen and oxygen atoms in total. The predicted octanol–water partition coefficient (Wildman–Crippen LogP) is 2.35.